The number of halogens is 1. The van der Waals surface area contributed by atoms with Gasteiger partial charge in [-0.15, -0.1) is 0 Å². The number of carbonyl (C=O) groups is 3. The highest BCUT2D eigenvalue weighted by Crippen LogP contribution is 2.60. The maximum atomic E-state index is 13.8. The minimum atomic E-state index is -1.04. The van der Waals surface area contributed by atoms with Crippen LogP contribution in [0.25, 0.3) is 0 Å². The van der Waals surface area contributed by atoms with Gasteiger partial charge >= 0.3 is 0 Å². The van der Waals surface area contributed by atoms with Gasteiger partial charge in [-0.3, -0.25) is 14.4 Å². The molecular weight excluding hydrogens is 514 g/mol. The quantitative estimate of drug-likeness (QED) is 0.289. The molecule has 7 atom stereocenters. The number of nitrogens with one attached hydrogen (secondary N) is 2. The van der Waals surface area contributed by atoms with E-state index in [9.17, 15) is 19.5 Å². The van der Waals surface area contributed by atoms with Crippen molar-refractivity contribution in [2.75, 3.05) is 13.2 Å². The lowest BCUT2D eigenvalue weighted by atomic mass is 9.70. The minimum absolute atomic E-state index is 0.0214. The molecule has 0 radical (unpaired) electrons. The van der Waals surface area contributed by atoms with Crippen LogP contribution < -0.4 is 10.6 Å². The second-order valence-electron chi connectivity index (χ2n) is 10.0. The smallest absolute Gasteiger partial charge is 0.246 e. The Morgan fingerprint density at radius 3 is 2.69 bits per heavy atom. The first-order valence-corrected chi connectivity index (χ1v) is 13.6. The number of hydrogen-bond acceptors (Lipinski definition) is 5. The number of hydrogen-bond donors (Lipinski definition) is 3. The van der Waals surface area contributed by atoms with Crippen molar-refractivity contribution in [2.24, 2.45) is 11.8 Å². The second kappa shape index (κ2) is 11.0. The van der Waals surface area contributed by atoms with E-state index in [1.165, 1.54) is 0 Å². The zero-order chi connectivity index (χ0) is 25.2. The van der Waals surface area contributed by atoms with E-state index in [2.05, 4.69) is 33.5 Å². The Kier molecular flexibility index (Phi) is 8.18. The maximum Gasteiger partial charge on any atom is 0.246 e. The molecule has 1 spiro atoms. The van der Waals surface area contributed by atoms with Gasteiger partial charge in [-0.25, -0.2) is 0 Å². The molecule has 0 aromatic heterocycles. The lowest BCUT2D eigenvalue weighted by Crippen LogP contribution is -2.57. The number of rotatable bonds is 11. The molecule has 2 bridgehead atoms. The van der Waals surface area contributed by atoms with Gasteiger partial charge < -0.3 is 25.4 Å². The number of carbonyl (C=O) groups excluding carboxylic acids is 3. The average molecular weight is 550 g/mol. The van der Waals surface area contributed by atoms with Crippen LogP contribution in [0.4, 0.5) is 0 Å². The van der Waals surface area contributed by atoms with Gasteiger partial charge in [-0.2, -0.15) is 0 Å². The van der Waals surface area contributed by atoms with Crippen molar-refractivity contribution in [2.45, 2.75) is 81.1 Å². The molecule has 3 saturated heterocycles. The van der Waals surface area contributed by atoms with Crippen molar-refractivity contribution in [1.82, 2.24) is 15.5 Å². The van der Waals surface area contributed by atoms with E-state index >= 15 is 0 Å². The fourth-order valence-corrected chi connectivity index (χ4v) is 7.04. The number of aliphatic hydroxyl groups excluding tert-OH is 1. The molecular formula is C26H36BrN3O5. The predicted molar refractivity (Wildman–Crippen MR) is 135 cm³/mol. The van der Waals surface area contributed by atoms with Crippen molar-refractivity contribution in [3.63, 3.8) is 0 Å². The van der Waals surface area contributed by atoms with Crippen LogP contribution in [0.3, 0.4) is 0 Å². The molecule has 4 rings (SSSR count). The third kappa shape index (κ3) is 4.87. The molecule has 1 aromatic carbocycles. The lowest BCUT2D eigenvalue weighted by Gasteiger charge is -2.34. The fraction of sp³-hybridized carbons (Fsp3) is 0.654. The SMILES string of the molecule is CCCC(C)NC(=O)C1N(CCCCO)C(=O)[C@@H]2[C@@H](C(=O)NCc3ccccc3)[C@@H]3OC12CC3Br. The Hall–Kier alpha value is -1.97. The number of benzene rings is 1. The summed E-state index contributed by atoms with van der Waals surface area (Å²) in [6.45, 7) is 4.75. The topological polar surface area (TPSA) is 108 Å². The van der Waals surface area contributed by atoms with E-state index in [1.807, 2.05) is 37.3 Å². The van der Waals surface area contributed by atoms with Crippen LogP contribution in [-0.2, 0) is 25.7 Å². The Morgan fingerprint density at radius 1 is 1.26 bits per heavy atom. The molecule has 35 heavy (non-hydrogen) atoms. The van der Waals surface area contributed by atoms with Crippen LogP contribution in [0, 0.1) is 11.8 Å². The van der Waals surface area contributed by atoms with Gasteiger partial charge in [0.25, 0.3) is 0 Å². The van der Waals surface area contributed by atoms with Crippen LogP contribution in [0.15, 0.2) is 30.3 Å². The summed E-state index contributed by atoms with van der Waals surface area (Å²) in [6.07, 6.45) is 2.90. The molecule has 0 saturated carbocycles. The van der Waals surface area contributed by atoms with E-state index in [-0.39, 0.29) is 35.2 Å². The summed E-state index contributed by atoms with van der Waals surface area (Å²) in [7, 11) is 0. The van der Waals surface area contributed by atoms with Gasteiger partial charge in [0.15, 0.2) is 0 Å². The van der Waals surface area contributed by atoms with Gasteiger partial charge in [0.1, 0.15) is 11.6 Å². The van der Waals surface area contributed by atoms with Gasteiger partial charge in [0.05, 0.1) is 17.9 Å². The molecule has 1 aromatic rings. The standard InChI is InChI=1S/C26H36BrN3O5/c1-3-9-16(2)29-24(33)22-26-14-18(27)21(35-26)19(20(26)25(34)30(22)12-7-8-13-31)23(32)28-15-17-10-5-4-6-11-17/h4-6,10-11,16,18-22,31H,3,7-9,12-15H2,1-2H3,(H,28,32)(H,29,33)/t16?,18?,19-,20+,21-,22?,26?/m1/s1. The van der Waals surface area contributed by atoms with E-state index < -0.39 is 29.6 Å². The summed E-state index contributed by atoms with van der Waals surface area (Å²) in [6, 6.07) is 8.80. The zero-order valence-electron chi connectivity index (χ0n) is 20.4. The summed E-state index contributed by atoms with van der Waals surface area (Å²) >= 11 is 3.69. The molecule has 9 heteroatoms. The minimum Gasteiger partial charge on any atom is -0.396 e. The molecule has 3 amide bonds. The number of alkyl halides is 1. The number of nitrogens with zero attached hydrogens (tertiary/aromatic N) is 1. The van der Waals surface area contributed by atoms with Crippen molar-refractivity contribution in [3.8, 4) is 0 Å². The van der Waals surface area contributed by atoms with Crippen molar-refractivity contribution in [3.05, 3.63) is 35.9 Å². The highest BCUT2D eigenvalue weighted by molar-refractivity contribution is 9.09. The number of amides is 3. The van der Waals surface area contributed by atoms with Crippen LogP contribution in [0.5, 0.6) is 0 Å². The largest absolute Gasteiger partial charge is 0.396 e. The van der Waals surface area contributed by atoms with Gasteiger partial charge in [-0.1, -0.05) is 59.6 Å². The third-order valence-corrected chi connectivity index (χ3v) is 8.41. The van der Waals surface area contributed by atoms with E-state index in [4.69, 9.17) is 4.74 Å². The molecule has 0 aliphatic carbocycles. The molecule has 3 aliphatic heterocycles. The predicted octanol–water partition coefficient (Wildman–Crippen LogP) is 2.13. The molecule has 4 unspecified atom stereocenters. The molecule has 8 nitrogen and oxygen atoms in total. The summed E-state index contributed by atoms with van der Waals surface area (Å²) in [5.74, 6) is -2.03. The van der Waals surface area contributed by atoms with Crippen molar-refractivity contribution >= 4 is 33.7 Å². The monoisotopic (exact) mass is 549 g/mol. The maximum absolute atomic E-state index is 13.8. The number of likely N-dealkylation sites (tertiary alicyclic amines) is 1. The second-order valence-corrected chi connectivity index (χ2v) is 11.2. The molecule has 3 heterocycles. The Balaban J connectivity index is 1.60. The molecule has 3 fully saturated rings. The van der Waals surface area contributed by atoms with Crippen LogP contribution >= 0.6 is 15.9 Å². The normalized spacial score (nSPS) is 31.9. The van der Waals surface area contributed by atoms with Crippen molar-refractivity contribution < 1.29 is 24.2 Å². The van der Waals surface area contributed by atoms with E-state index in [1.54, 1.807) is 4.90 Å². The number of ether oxygens (including phenoxy) is 1. The highest BCUT2D eigenvalue weighted by atomic mass is 79.9. The number of fused-ring (bicyclic) bond motifs is 1. The van der Waals surface area contributed by atoms with Crippen LogP contribution in [-0.4, -0.2) is 69.5 Å². The van der Waals surface area contributed by atoms with Crippen LogP contribution in [0.2, 0.25) is 0 Å². The number of aliphatic hydroxyl groups is 1. The zero-order valence-corrected chi connectivity index (χ0v) is 22.0. The van der Waals surface area contributed by atoms with E-state index in [0.717, 1.165) is 18.4 Å². The summed E-state index contributed by atoms with van der Waals surface area (Å²) < 4.78 is 6.48. The summed E-state index contributed by atoms with van der Waals surface area (Å²) in [5.41, 5.74) is -0.0690. The third-order valence-electron chi connectivity index (χ3n) is 7.57. The van der Waals surface area contributed by atoms with Gasteiger partial charge in [-0.05, 0) is 38.2 Å². The Morgan fingerprint density at radius 2 is 2.00 bits per heavy atom. The first-order valence-electron chi connectivity index (χ1n) is 12.7. The highest BCUT2D eigenvalue weighted by Gasteiger charge is 2.76. The molecule has 3 aliphatic rings. The molecule has 192 valence electrons. The Labute approximate surface area is 215 Å². The molecule has 3 N–H and O–H groups in total. The fourth-order valence-electron chi connectivity index (χ4n) is 6.09. The van der Waals surface area contributed by atoms with Crippen LogP contribution in [0.1, 0.15) is 51.5 Å². The van der Waals surface area contributed by atoms with E-state index in [0.29, 0.717) is 32.4 Å². The first-order chi connectivity index (χ1) is 16.8. The Bertz CT molecular complexity index is 931. The summed E-state index contributed by atoms with van der Waals surface area (Å²) in [5, 5.41) is 15.3. The first kappa shape index (κ1) is 26.1. The number of unbranched alkanes of at least 4 members (excludes halogenated alkanes) is 1. The lowest BCUT2D eigenvalue weighted by molar-refractivity contribution is -0.142. The summed E-state index contributed by atoms with van der Waals surface area (Å²) in [4.78, 5) is 42.3. The van der Waals surface area contributed by atoms with Gasteiger partial charge in [0, 0.05) is 30.6 Å². The van der Waals surface area contributed by atoms with Gasteiger partial charge in [0.2, 0.25) is 17.7 Å². The average Bonchev–Trinajstić information content (AvgIpc) is 3.42. The van der Waals surface area contributed by atoms with Crippen molar-refractivity contribution in [1.29, 1.82) is 0 Å².